The van der Waals surface area contributed by atoms with Gasteiger partial charge < -0.3 is 14.8 Å². The fraction of sp³-hybridized carbons (Fsp3) is 0.200. The third kappa shape index (κ3) is 3.99. The number of nitriles is 1. The van der Waals surface area contributed by atoms with Gasteiger partial charge in [-0.25, -0.2) is 0 Å². The average molecular weight is 334 g/mol. The first-order valence-electron chi connectivity index (χ1n) is 8.11. The Balaban J connectivity index is 1.77. The Labute approximate surface area is 146 Å². The number of carbonyl (C=O) groups is 1. The predicted molar refractivity (Wildman–Crippen MR) is 95.5 cm³/mol. The molecule has 1 heterocycles. The van der Waals surface area contributed by atoms with E-state index in [4.69, 9.17) is 9.47 Å². The van der Waals surface area contributed by atoms with Gasteiger partial charge in [-0.05, 0) is 47.9 Å². The zero-order valence-corrected chi connectivity index (χ0v) is 13.9. The molecule has 5 heteroatoms. The Morgan fingerprint density at radius 3 is 2.56 bits per heavy atom. The van der Waals surface area contributed by atoms with Gasteiger partial charge in [-0.1, -0.05) is 25.1 Å². The molecule has 0 unspecified atom stereocenters. The molecule has 3 rings (SSSR count). The maximum absolute atomic E-state index is 12.3. The van der Waals surface area contributed by atoms with Gasteiger partial charge >= 0.3 is 0 Å². The molecule has 0 saturated heterocycles. The van der Waals surface area contributed by atoms with E-state index >= 15 is 0 Å². The molecular formula is C20H18N2O3. The van der Waals surface area contributed by atoms with Crippen LogP contribution < -0.4 is 14.8 Å². The number of benzene rings is 2. The van der Waals surface area contributed by atoms with Gasteiger partial charge in [0.25, 0.3) is 5.91 Å². The fourth-order valence-corrected chi connectivity index (χ4v) is 2.49. The van der Waals surface area contributed by atoms with Gasteiger partial charge in [0.05, 0.1) is 0 Å². The number of nitrogens with zero attached hydrogens (tertiary/aromatic N) is 1. The summed E-state index contributed by atoms with van der Waals surface area (Å²) in [6, 6.07) is 14.8. The van der Waals surface area contributed by atoms with Crippen LogP contribution in [0.4, 0.5) is 5.69 Å². The van der Waals surface area contributed by atoms with Crippen LogP contribution in [-0.2, 0) is 11.2 Å². The van der Waals surface area contributed by atoms with Crippen molar-refractivity contribution in [3.05, 3.63) is 59.2 Å². The van der Waals surface area contributed by atoms with Crippen molar-refractivity contribution in [2.75, 3.05) is 18.5 Å². The summed E-state index contributed by atoms with van der Waals surface area (Å²) in [4.78, 5) is 12.3. The number of ether oxygens (including phenoxy) is 2. The van der Waals surface area contributed by atoms with Gasteiger partial charge in [0.15, 0.2) is 11.5 Å². The molecule has 2 aromatic rings. The molecule has 1 N–H and O–H groups in total. The van der Waals surface area contributed by atoms with Crippen LogP contribution in [-0.4, -0.2) is 19.1 Å². The van der Waals surface area contributed by atoms with Gasteiger partial charge in [0.1, 0.15) is 24.9 Å². The molecule has 2 aromatic carbocycles. The lowest BCUT2D eigenvalue weighted by atomic mass is 10.1. The smallest absolute Gasteiger partial charge is 0.266 e. The number of carbonyl (C=O) groups excluding carboxylic acids is 1. The maximum Gasteiger partial charge on any atom is 0.266 e. The number of hydrogen-bond acceptors (Lipinski definition) is 4. The topological polar surface area (TPSA) is 71.4 Å². The second-order valence-electron chi connectivity index (χ2n) is 5.58. The van der Waals surface area contributed by atoms with Crippen LogP contribution in [0.2, 0.25) is 0 Å². The Kier molecular flexibility index (Phi) is 5.00. The van der Waals surface area contributed by atoms with Crippen molar-refractivity contribution >= 4 is 17.7 Å². The van der Waals surface area contributed by atoms with Gasteiger partial charge in [-0.3, -0.25) is 4.79 Å². The monoisotopic (exact) mass is 334 g/mol. The molecule has 0 aliphatic carbocycles. The van der Waals surface area contributed by atoms with Crippen molar-refractivity contribution in [3.63, 3.8) is 0 Å². The standard InChI is InChI=1S/C20H18N2O3/c1-2-14-3-6-17(7-4-14)22-20(23)16(13-21)11-15-5-8-18-19(12-15)25-10-9-24-18/h3-8,11-12H,2,9-10H2,1H3,(H,22,23). The molecule has 1 aliphatic heterocycles. The van der Waals surface area contributed by atoms with E-state index in [-0.39, 0.29) is 5.57 Å². The summed E-state index contributed by atoms with van der Waals surface area (Å²) < 4.78 is 11.0. The van der Waals surface area contributed by atoms with Crippen LogP contribution in [0.3, 0.4) is 0 Å². The Morgan fingerprint density at radius 1 is 1.16 bits per heavy atom. The summed E-state index contributed by atoms with van der Waals surface area (Å²) in [5.74, 6) is 0.844. The Hall–Kier alpha value is -3.26. The summed E-state index contributed by atoms with van der Waals surface area (Å²) in [6.07, 6.45) is 2.47. The molecule has 1 aliphatic rings. The molecule has 0 spiro atoms. The summed E-state index contributed by atoms with van der Waals surface area (Å²) in [5, 5.41) is 12.1. The number of amides is 1. The zero-order chi connectivity index (χ0) is 17.6. The first kappa shape index (κ1) is 16.6. The van der Waals surface area contributed by atoms with E-state index in [1.54, 1.807) is 18.2 Å². The molecule has 0 radical (unpaired) electrons. The average Bonchev–Trinajstić information content (AvgIpc) is 2.66. The van der Waals surface area contributed by atoms with Crippen molar-refractivity contribution in [3.8, 4) is 17.6 Å². The van der Waals surface area contributed by atoms with Crippen LogP contribution in [0.25, 0.3) is 6.08 Å². The second kappa shape index (κ2) is 7.54. The predicted octanol–water partition coefficient (Wildman–Crippen LogP) is 3.57. The van der Waals surface area contributed by atoms with Crippen molar-refractivity contribution in [1.82, 2.24) is 0 Å². The normalized spacial score (nSPS) is 13.0. The van der Waals surface area contributed by atoms with E-state index in [2.05, 4.69) is 12.2 Å². The van der Waals surface area contributed by atoms with Gasteiger partial charge in [0.2, 0.25) is 0 Å². The minimum Gasteiger partial charge on any atom is -0.486 e. The van der Waals surface area contributed by atoms with E-state index in [0.29, 0.717) is 36.0 Å². The number of fused-ring (bicyclic) bond motifs is 1. The van der Waals surface area contributed by atoms with Crippen LogP contribution >= 0.6 is 0 Å². The maximum atomic E-state index is 12.3. The Bertz CT molecular complexity index is 848. The molecule has 1 amide bonds. The van der Waals surface area contributed by atoms with E-state index in [1.165, 1.54) is 11.6 Å². The first-order chi connectivity index (χ1) is 12.2. The lowest BCUT2D eigenvalue weighted by Gasteiger charge is -2.18. The minimum absolute atomic E-state index is 0.0243. The minimum atomic E-state index is -0.443. The highest BCUT2D eigenvalue weighted by Gasteiger charge is 2.13. The first-order valence-corrected chi connectivity index (χ1v) is 8.11. The quantitative estimate of drug-likeness (QED) is 0.685. The number of anilines is 1. The van der Waals surface area contributed by atoms with E-state index in [9.17, 15) is 10.1 Å². The van der Waals surface area contributed by atoms with Crippen LogP contribution in [0.1, 0.15) is 18.1 Å². The molecule has 25 heavy (non-hydrogen) atoms. The summed E-state index contributed by atoms with van der Waals surface area (Å²) in [6.45, 7) is 3.07. The second-order valence-corrected chi connectivity index (χ2v) is 5.58. The molecule has 0 atom stereocenters. The van der Waals surface area contributed by atoms with Crippen LogP contribution in [0.5, 0.6) is 11.5 Å². The van der Waals surface area contributed by atoms with Crippen molar-refractivity contribution < 1.29 is 14.3 Å². The number of aryl methyl sites for hydroxylation is 1. The molecule has 5 nitrogen and oxygen atoms in total. The summed E-state index contributed by atoms with van der Waals surface area (Å²) in [5.41, 5.74) is 2.57. The SMILES string of the molecule is CCc1ccc(NC(=O)C(C#N)=Cc2ccc3c(c2)OCCO3)cc1. The van der Waals surface area contributed by atoms with E-state index < -0.39 is 5.91 Å². The molecule has 0 aromatic heterocycles. The fourth-order valence-electron chi connectivity index (χ4n) is 2.49. The van der Waals surface area contributed by atoms with Crippen molar-refractivity contribution in [2.24, 2.45) is 0 Å². The highest BCUT2D eigenvalue weighted by atomic mass is 16.6. The number of nitrogens with one attached hydrogen (secondary N) is 1. The number of rotatable bonds is 4. The lowest BCUT2D eigenvalue weighted by Crippen LogP contribution is -2.15. The Morgan fingerprint density at radius 2 is 1.88 bits per heavy atom. The molecular weight excluding hydrogens is 316 g/mol. The highest BCUT2D eigenvalue weighted by Crippen LogP contribution is 2.31. The number of hydrogen-bond donors (Lipinski definition) is 1. The van der Waals surface area contributed by atoms with E-state index in [0.717, 1.165) is 6.42 Å². The van der Waals surface area contributed by atoms with Crippen LogP contribution in [0, 0.1) is 11.3 Å². The van der Waals surface area contributed by atoms with E-state index in [1.807, 2.05) is 30.3 Å². The van der Waals surface area contributed by atoms with Gasteiger partial charge in [-0.2, -0.15) is 5.26 Å². The lowest BCUT2D eigenvalue weighted by molar-refractivity contribution is -0.112. The summed E-state index contributed by atoms with van der Waals surface area (Å²) in [7, 11) is 0. The highest BCUT2D eigenvalue weighted by molar-refractivity contribution is 6.09. The van der Waals surface area contributed by atoms with Crippen molar-refractivity contribution in [1.29, 1.82) is 5.26 Å². The molecule has 0 bridgehead atoms. The van der Waals surface area contributed by atoms with Crippen molar-refractivity contribution in [2.45, 2.75) is 13.3 Å². The molecule has 126 valence electrons. The third-order valence-corrected chi connectivity index (χ3v) is 3.86. The van der Waals surface area contributed by atoms with Crippen LogP contribution in [0.15, 0.2) is 48.0 Å². The third-order valence-electron chi connectivity index (χ3n) is 3.86. The summed E-state index contributed by atoms with van der Waals surface area (Å²) >= 11 is 0. The zero-order valence-electron chi connectivity index (χ0n) is 13.9. The largest absolute Gasteiger partial charge is 0.486 e. The molecule has 0 saturated carbocycles. The van der Waals surface area contributed by atoms with Gasteiger partial charge in [0, 0.05) is 5.69 Å². The van der Waals surface area contributed by atoms with Gasteiger partial charge in [-0.15, -0.1) is 0 Å². The molecule has 0 fully saturated rings.